The van der Waals surface area contributed by atoms with E-state index < -0.39 is 23.6 Å². The second-order valence-electron chi connectivity index (χ2n) is 11.3. The molecule has 2 atom stereocenters. The minimum Gasteiger partial charge on any atom is -0.496 e. The normalized spacial score (nSPS) is 20.6. The Bertz CT molecular complexity index is 1370. The van der Waals surface area contributed by atoms with Crippen molar-refractivity contribution < 1.29 is 28.6 Å². The van der Waals surface area contributed by atoms with Crippen LogP contribution in [0, 0.1) is 17.7 Å². The molecule has 3 aromatic rings. The number of ether oxygens (including phenoxy) is 1. The molecule has 1 amide bonds. The Morgan fingerprint density at radius 1 is 0.975 bits per heavy atom. The summed E-state index contributed by atoms with van der Waals surface area (Å²) in [6, 6.07) is 9.96. The van der Waals surface area contributed by atoms with Gasteiger partial charge >= 0.3 is 0 Å². The smallest absolute Gasteiger partial charge is 0.257 e. The highest BCUT2D eigenvalue weighted by atomic mass is 19.1. The van der Waals surface area contributed by atoms with Crippen LogP contribution >= 0.6 is 0 Å². The number of carbonyl (C=O) groups excluding carboxylic acids is 3. The number of rotatable bonds is 7. The summed E-state index contributed by atoms with van der Waals surface area (Å²) in [6.45, 7) is 1.19. The summed E-state index contributed by atoms with van der Waals surface area (Å²) < 4.78 is 18.8. The first-order valence-corrected chi connectivity index (χ1v) is 14.3. The molecule has 0 spiro atoms. The summed E-state index contributed by atoms with van der Waals surface area (Å²) in [6.07, 6.45) is 7.71. The van der Waals surface area contributed by atoms with Gasteiger partial charge in [0.1, 0.15) is 11.6 Å². The number of fused-ring (bicyclic) bond motifs is 1. The molecule has 1 saturated carbocycles. The van der Waals surface area contributed by atoms with Gasteiger partial charge in [-0.3, -0.25) is 14.4 Å². The van der Waals surface area contributed by atoms with Crippen molar-refractivity contribution in [1.29, 1.82) is 0 Å². The summed E-state index contributed by atoms with van der Waals surface area (Å²) in [5, 5.41) is 10.6. The first-order valence-electron chi connectivity index (χ1n) is 14.3. The molecule has 1 saturated heterocycles. The maximum atomic E-state index is 13.6. The number of aromatic amines is 1. The van der Waals surface area contributed by atoms with Crippen molar-refractivity contribution in [2.75, 3.05) is 20.2 Å². The van der Waals surface area contributed by atoms with Crippen molar-refractivity contribution in [2.45, 2.75) is 63.9 Å². The second-order valence-corrected chi connectivity index (χ2v) is 11.3. The number of H-pyrrole nitrogens is 1. The molecule has 2 N–H and O–H groups in total. The van der Waals surface area contributed by atoms with Gasteiger partial charge in [-0.15, -0.1) is 0 Å². The number of aliphatic hydroxyl groups is 1. The number of hydrogen-bond acceptors (Lipinski definition) is 5. The van der Waals surface area contributed by atoms with E-state index in [9.17, 15) is 23.9 Å². The number of likely N-dealkylation sites (tertiary alicyclic amines) is 1. The number of amides is 1. The van der Waals surface area contributed by atoms with Gasteiger partial charge in [-0.2, -0.15) is 0 Å². The predicted molar refractivity (Wildman–Crippen MR) is 150 cm³/mol. The number of aliphatic hydroxyl groups excluding tert-OH is 1. The van der Waals surface area contributed by atoms with E-state index in [1.54, 1.807) is 12.1 Å². The van der Waals surface area contributed by atoms with E-state index in [1.807, 2.05) is 17.0 Å². The molecule has 2 unspecified atom stereocenters. The molecule has 1 aromatic heterocycles. The highest BCUT2D eigenvalue weighted by Crippen LogP contribution is 2.32. The minimum absolute atomic E-state index is 0.168. The summed E-state index contributed by atoms with van der Waals surface area (Å²) in [7, 11) is 1.51. The Kier molecular flexibility index (Phi) is 8.64. The first kappa shape index (κ1) is 28.0. The number of hydrogen-bond donors (Lipinski definition) is 2. The molecule has 2 fully saturated rings. The molecule has 2 heterocycles. The van der Waals surface area contributed by atoms with E-state index in [2.05, 4.69) is 4.98 Å². The van der Waals surface area contributed by atoms with Crippen LogP contribution in [-0.4, -0.2) is 58.8 Å². The van der Waals surface area contributed by atoms with Crippen molar-refractivity contribution >= 4 is 28.4 Å². The number of halogens is 1. The average molecular weight is 549 g/mol. The highest BCUT2D eigenvalue weighted by molar-refractivity contribution is 6.46. The zero-order valence-electron chi connectivity index (χ0n) is 23.0. The molecule has 40 heavy (non-hydrogen) atoms. The third kappa shape index (κ3) is 6.12. The van der Waals surface area contributed by atoms with Crippen LogP contribution in [0.2, 0.25) is 0 Å². The third-order valence-corrected chi connectivity index (χ3v) is 8.60. The maximum absolute atomic E-state index is 13.6. The van der Waals surface area contributed by atoms with E-state index in [1.165, 1.54) is 25.4 Å². The van der Waals surface area contributed by atoms with Crippen LogP contribution in [0.3, 0.4) is 0 Å². The number of aromatic nitrogens is 1. The van der Waals surface area contributed by atoms with Gasteiger partial charge in [0, 0.05) is 42.2 Å². The van der Waals surface area contributed by atoms with Crippen LogP contribution in [0.1, 0.15) is 77.6 Å². The molecule has 0 bridgehead atoms. The average Bonchev–Trinajstić information content (AvgIpc) is 3.38. The fourth-order valence-corrected chi connectivity index (χ4v) is 6.17. The van der Waals surface area contributed by atoms with E-state index >= 15 is 0 Å². The number of nitrogens with zero attached hydrogens (tertiary/aromatic N) is 1. The lowest BCUT2D eigenvalue weighted by molar-refractivity contribution is -0.119. The monoisotopic (exact) mass is 548 g/mol. The minimum atomic E-state index is -0.559. The summed E-state index contributed by atoms with van der Waals surface area (Å²) >= 11 is 0. The largest absolute Gasteiger partial charge is 0.496 e. The number of carbonyl (C=O) groups is 3. The van der Waals surface area contributed by atoms with Gasteiger partial charge in [-0.25, -0.2) is 4.39 Å². The topological polar surface area (TPSA) is 99.7 Å². The second kappa shape index (κ2) is 12.3. The highest BCUT2D eigenvalue weighted by Gasteiger charge is 2.31. The van der Waals surface area contributed by atoms with Crippen molar-refractivity contribution in [3.05, 3.63) is 65.1 Å². The number of nitrogens with one attached hydrogen (secondary N) is 1. The molecule has 7 nitrogen and oxygen atoms in total. The van der Waals surface area contributed by atoms with Crippen molar-refractivity contribution in [2.24, 2.45) is 11.8 Å². The van der Waals surface area contributed by atoms with Crippen LogP contribution in [0.4, 0.5) is 4.39 Å². The Morgan fingerprint density at radius 3 is 2.42 bits per heavy atom. The maximum Gasteiger partial charge on any atom is 0.257 e. The van der Waals surface area contributed by atoms with E-state index in [0.29, 0.717) is 60.5 Å². The lowest BCUT2D eigenvalue weighted by Crippen LogP contribution is -2.39. The fourth-order valence-electron chi connectivity index (χ4n) is 6.17. The predicted octanol–water partition coefficient (Wildman–Crippen LogP) is 5.49. The molecular formula is C32H37FN2O5. The molecule has 2 aliphatic rings. The van der Waals surface area contributed by atoms with Gasteiger partial charge < -0.3 is 19.7 Å². The standard InChI is InChI=1S/C32H37FN2O5/c1-40-29-18-28-25(27(19-34-28)31(38)30(37)22-4-2-3-5-24(36)11-8-22)17-26(29)32(39)35-14-12-21(13-15-35)16-20-6-9-23(33)10-7-20/h6-7,9-10,17-19,21-22,24,34,36H,2-5,8,11-16H2,1H3. The van der Waals surface area contributed by atoms with Gasteiger partial charge in [0.2, 0.25) is 11.6 Å². The summed E-state index contributed by atoms with van der Waals surface area (Å²) in [4.78, 5) is 45.1. The van der Waals surface area contributed by atoms with Gasteiger partial charge in [-0.1, -0.05) is 25.0 Å². The molecule has 1 aliphatic carbocycles. The zero-order valence-corrected chi connectivity index (χ0v) is 23.0. The Labute approximate surface area is 233 Å². The molecule has 212 valence electrons. The first-order chi connectivity index (χ1) is 19.3. The molecule has 0 radical (unpaired) electrons. The van der Waals surface area contributed by atoms with Crippen LogP contribution in [-0.2, 0) is 11.2 Å². The van der Waals surface area contributed by atoms with Crippen LogP contribution in [0.15, 0.2) is 42.6 Å². The van der Waals surface area contributed by atoms with Gasteiger partial charge in [0.25, 0.3) is 5.91 Å². The summed E-state index contributed by atoms with van der Waals surface area (Å²) in [5.41, 5.74) is 2.34. The van der Waals surface area contributed by atoms with E-state index in [4.69, 9.17) is 4.74 Å². The van der Waals surface area contributed by atoms with Gasteiger partial charge in [0.05, 0.1) is 24.3 Å². The Morgan fingerprint density at radius 2 is 1.70 bits per heavy atom. The molecule has 5 rings (SSSR count). The molecule has 8 heteroatoms. The Balaban J connectivity index is 1.31. The number of benzene rings is 2. The van der Waals surface area contributed by atoms with Gasteiger partial charge in [0.15, 0.2) is 0 Å². The van der Waals surface area contributed by atoms with Crippen LogP contribution in [0.5, 0.6) is 5.75 Å². The third-order valence-electron chi connectivity index (χ3n) is 8.60. The van der Waals surface area contributed by atoms with E-state index in [-0.39, 0.29) is 17.3 Å². The van der Waals surface area contributed by atoms with Crippen LogP contribution in [0.25, 0.3) is 10.9 Å². The van der Waals surface area contributed by atoms with Gasteiger partial charge in [-0.05, 0) is 74.6 Å². The molecule has 1 aliphatic heterocycles. The number of Topliss-reactive ketones (excluding diaryl/α,β-unsaturated/α-hetero) is 2. The zero-order chi connectivity index (χ0) is 28.2. The number of methoxy groups -OCH3 is 1. The fraction of sp³-hybridized carbons (Fsp3) is 0.469. The SMILES string of the molecule is COc1cc2[nH]cc(C(=O)C(=O)C3CCCCC(O)CC3)c2cc1C(=O)N1CCC(Cc2ccc(F)cc2)CC1. The van der Waals surface area contributed by atoms with Crippen molar-refractivity contribution in [1.82, 2.24) is 9.88 Å². The van der Waals surface area contributed by atoms with Crippen LogP contribution < -0.4 is 4.74 Å². The lowest BCUT2D eigenvalue weighted by Gasteiger charge is -2.32. The lowest BCUT2D eigenvalue weighted by atomic mass is 9.84. The van der Waals surface area contributed by atoms with Crippen molar-refractivity contribution in [3.8, 4) is 5.75 Å². The van der Waals surface area contributed by atoms with E-state index in [0.717, 1.165) is 44.1 Å². The Hall–Kier alpha value is -3.52. The number of piperidine rings is 1. The van der Waals surface area contributed by atoms with Crippen molar-refractivity contribution in [3.63, 3.8) is 0 Å². The molecule has 2 aromatic carbocycles. The molecular weight excluding hydrogens is 511 g/mol. The number of ketones is 2. The quantitative estimate of drug-likeness (QED) is 0.300. The summed E-state index contributed by atoms with van der Waals surface area (Å²) in [5.74, 6) is -0.980.